The van der Waals surface area contributed by atoms with Crippen LogP contribution in [-0.2, 0) is 9.53 Å². The van der Waals surface area contributed by atoms with Gasteiger partial charge in [-0.25, -0.2) is 0 Å². The zero-order valence-corrected chi connectivity index (χ0v) is 13.9. The Balaban J connectivity index is 1.99. The van der Waals surface area contributed by atoms with E-state index in [1.165, 1.54) is 0 Å². The predicted molar refractivity (Wildman–Crippen MR) is 84.5 cm³/mol. The van der Waals surface area contributed by atoms with Gasteiger partial charge in [0.1, 0.15) is 11.5 Å². The Morgan fingerprint density at radius 3 is 2.52 bits per heavy atom. The maximum Gasteiger partial charge on any atom is 0.308 e. The molecule has 1 aliphatic rings. The molecule has 1 atom stereocenters. The summed E-state index contributed by atoms with van der Waals surface area (Å²) >= 11 is 0. The Morgan fingerprint density at radius 1 is 1.35 bits per heavy atom. The molecular weight excluding hydrogens is 298 g/mol. The van der Waals surface area contributed by atoms with Crippen molar-refractivity contribution < 1.29 is 23.8 Å². The van der Waals surface area contributed by atoms with Crippen LogP contribution >= 0.6 is 0 Å². The van der Waals surface area contributed by atoms with Crippen LogP contribution in [0.15, 0.2) is 10.5 Å². The molecule has 0 saturated carbocycles. The smallest absolute Gasteiger partial charge is 0.308 e. The van der Waals surface area contributed by atoms with Gasteiger partial charge in [0.2, 0.25) is 0 Å². The molecule has 0 aromatic carbocycles. The minimum atomic E-state index is -0.871. The van der Waals surface area contributed by atoms with Crippen molar-refractivity contribution in [3.8, 4) is 0 Å². The molecule has 1 saturated heterocycles. The number of carboxylic acids is 1. The van der Waals surface area contributed by atoms with E-state index < -0.39 is 11.9 Å². The first kappa shape index (κ1) is 17.5. The van der Waals surface area contributed by atoms with Crippen LogP contribution in [0.3, 0.4) is 0 Å². The largest absolute Gasteiger partial charge is 0.481 e. The number of hydrogen-bond acceptors (Lipinski definition) is 4. The van der Waals surface area contributed by atoms with Gasteiger partial charge < -0.3 is 19.6 Å². The normalized spacial score (nSPS) is 17.2. The van der Waals surface area contributed by atoms with Crippen molar-refractivity contribution in [3.63, 3.8) is 0 Å². The number of nitrogens with one attached hydrogen (secondary N) is 1. The maximum atomic E-state index is 12.3. The molecular formula is C17H25NO5. The lowest BCUT2D eigenvalue weighted by molar-refractivity contribution is -0.144. The molecule has 0 bridgehead atoms. The predicted octanol–water partition coefficient (Wildman–Crippen LogP) is 2.57. The van der Waals surface area contributed by atoms with E-state index in [0.717, 1.165) is 18.6 Å². The number of aliphatic carboxylic acids is 1. The topological polar surface area (TPSA) is 88.8 Å². The summed E-state index contributed by atoms with van der Waals surface area (Å²) in [6.45, 7) is 7.02. The molecule has 0 spiro atoms. The molecule has 0 radical (unpaired) electrons. The van der Waals surface area contributed by atoms with Crippen molar-refractivity contribution >= 4 is 11.9 Å². The highest BCUT2D eigenvalue weighted by molar-refractivity contribution is 5.95. The van der Waals surface area contributed by atoms with Gasteiger partial charge in [0, 0.05) is 25.7 Å². The highest BCUT2D eigenvalue weighted by Crippen LogP contribution is 2.25. The molecule has 1 amide bonds. The molecule has 1 fully saturated rings. The van der Waals surface area contributed by atoms with E-state index in [1.807, 2.05) is 13.8 Å². The third-order valence-corrected chi connectivity index (χ3v) is 4.39. The van der Waals surface area contributed by atoms with Crippen LogP contribution in [0.1, 0.15) is 54.5 Å². The van der Waals surface area contributed by atoms with Gasteiger partial charge in [-0.15, -0.1) is 0 Å². The highest BCUT2D eigenvalue weighted by Gasteiger charge is 2.30. The van der Waals surface area contributed by atoms with E-state index in [-0.39, 0.29) is 24.3 Å². The SMILES string of the molecule is Cc1oc(C(C)C)cc1C(=O)NCC(C(=O)O)C1CCOCC1. The fraction of sp³-hybridized carbons (Fsp3) is 0.647. The van der Waals surface area contributed by atoms with E-state index in [9.17, 15) is 14.7 Å². The summed E-state index contributed by atoms with van der Waals surface area (Å²) in [6, 6.07) is 1.74. The number of carboxylic acid groups (broad SMARTS) is 1. The van der Waals surface area contributed by atoms with Crippen molar-refractivity contribution in [1.82, 2.24) is 5.32 Å². The zero-order chi connectivity index (χ0) is 17.0. The number of amides is 1. The van der Waals surface area contributed by atoms with Crippen LogP contribution in [0.4, 0.5) is 0 Å². The summed E-state index contributed by atoms with van der Waals surface area (Å²) in [5.74, 6) is -0.182. The average molecular weight is 323 g/mol. The fourth-order valence-electron chi connectivity index (χ4n) is 2.89. The molecule has 0 aliphatic carbocycles. The lowest BCUT2D eigenvalue weighted by Crippen LogP contribution is -2.39. The average Bonchev–Trinajstić information content (AvgIpc) is 2.90. The minimum Gasteiger partial charge on any atom is -0.481 e. The molecule has 1 aliphatic heterocycles. The summed E-state index contributed by atoms with van der Waals surface area (Å²) in [7, 11) is 0. The third kappa shape index (κ3) is 4.34. The molecule has 1 aromatic rings. The minimum absolute atomic E-state index is 0.0400. The molecule has 1 unspecified atom stereocenters. The van der Waals surface area contributed by atoms with Gasteiger partial charge in [0.15, 0.2) is 0 Å². The monoisotopic (exact) mass is 323 g/mol. The molecule has 23 heavy (non-hydrogen) atoms. The second kappa shape index (κ2) is 7.64. The lowest BCUT2D eigenvalue weighted by atomic mass is 9.86. The van der Waals surface area contributed by atoms with Crippen LogP contribution in [0.2, 0.25) is 0 Å². The molecule has 2 rings (SSSR count). The number of ether oxygens (including phenoxy) is 1. The van der Waals surface area contributed by atoms with Crippen molar-refractivity contribution in [2.45, 2.75) is 39.5 Å². The number of rotatable bonds is 6. The third-order valence-electron chi connectivity index (χ3n) is 4.39. The van der Waals surface area contributed by atoms with Gasteiger partial charge in [0.05, 0.1) is 11.5 Å². The summed E-state index contributed by atoms with van der Waals surface area (Å²) in [5, 5.41) is 12.2. The molecule has 1 aromatic heterocycles. The van der Waals surface area contributed by atoms with E-state index >= 15 is 0 Å². The Morgan fingerprint density at radius 2 is 2.00 bits per heavy atom. The van der Waals surface area contributed by atoms with E-state index in [1.54, 1.807) is 13.0 Å². The Bertz CT molecular complexity index is 557. The van der Waals surface area contributed by atoms with E-state index in [2.05, 4.69) is 5.32 Å². The van der Waals surface area contributed by atoms with Crippen LogP contribution in [0.25, 0.3) is 0 Å². The maximum absolute atomic E-state index is 12.3. The Kier molecular flexibility index (Phi) is 5.82. The first-order valence-electron chi connectivity index (χ1n) is 8.09. The Hall–Kier alpha value is -1.82. The zero-order valence-electron chi connectivity index (χ0n) is 13.9. The first-order chi connectivity index (χ1) is 10.9. The van der Waals surface area contributed by atoms with Crippen LogP contribution in [0, 0.1) is 18.8 Å². The molecule has 2 N–H and O–H groups in total. The summed E-state index contributed by atoms with van der Waals surface area (Å²) in [6.07, 6.45) is 1.43. The number of furan rings is 1. The van der Waals surface area contributed by atoms with Crippen molar-refractivity contribution in [1.29, 1.82) is 0 Å². The summed E-state index contributed by atoms with van der Waals surface area (Å²) in [4.78, 5) is 23.8. The van der Waals surface area contributed by atoms with Gasteiger partial charge >= 0.3 is 5.97 Å². The summed E-state index contributed by atoms with van der Waals surface area (Å²) < 4.78 is 10.8. The van der Waals surface area contributed by atoms with Gasteiger partial charge in [0.25, 0.3) is 5.91 Å². The van der Waals surface area contributed by atoms with Crippen molar-refractivity contribution in [2.24, 2.45) is 11.8 Å². The van der Waals surface area contributed by atoms with Crippen molar-refractivity contribution in [3.05, 3.63) is 23.2 Å². The Labute approximate surface area is 136 Å². The molecule has 6 nitrogen and oxygen atoms in total. The molecule has 128 valence electrons. The number of aryl methyl sites for hydroxylation is 1. The lowest BCUT2D eigenvalue weighted by Gasteiger charge is -2.27. The molecule has 6 heteroatoms. The van der Waals surface area contributed by atoms with Crippen LogP contribution in [0.5, 0.6) is 0 Å². The number of hydrogen-bond donors (Lipinski definition) is 2. The number of carbonyl (C=O) groups excluding carboxylic acids is 1. The van der Waals surface area contributed by atoms with Crippen LogP contribution in [-0.4, -0.2) is 36.7 Å². The van der Waals surface area contributed by atoms with Crippen molar-refractivity contribution in [2.75, 3.05) is 19.8 Å². The van der Waals surface area contributed by atoms with Gasteiger partial charge in [-0.2, -0.15) is 0 Å². The summed E-state index contributed by atoms with van der Waals surface area (Å²) in [5.41, 5.74) is 0.477. The van der Waals surface area contributed by atoms with E-state index in [4.69, 9.17) is 9.15 Å². The number of carbonyl (C=O) groups is 2. The fourth-order valence-corrected chi connectivity index (χ4v) is 2.89. The quantitative estimate of drug-likeness (QED) is 0.840. The van der Waals surface area contributed by atoms with Crippen LogP contribution < -0.4 is 5.32 Å². The van der Waals surface area contributed by atoms with Gasteiger partial charge in [-0.3, -0.25) is 9.59 Å². The first-order valence-corrected chi connectivity index (χ1v) is 8.09. The second-order valence-electron chi connectivity index (χ2n) is 6.38. The highest BCUT2D eigenvalue weighted by atomic mass is 16.5. The van der Waals surface area contributed by atoms with E-state index in [0.29, 0.717) is 24.5 Å². The van der Waals surface area contributed by atoms with Gasteiger partial charge in [-0.1, -0.05) is 13.8 Å². The van der Waals surface area contributed by atoms with Gasteiger partial charge in [-0.05, 0) is 31.7 Å². The second-order valence-corrected chi connectivity index (χ2v) is 6.38. The standard InChI is InChI=1S/C17H25NO5/c1-10(2)15-8-13(11(3)23-15)16(19)18-9-14(17(20)21)12-4-6-22-7-5-12/h8,10,12,14H,4-7,9H2,1-3H3,(H,18,19)(H,20,21). The molecule has 2 heterocycles.